The van der Waals surface area contributed by atoms with E-state index >= 15 is 0 Å². The molecule has 3 heteroatoms. The fourth-order valence-electron chi connectivity index (χ4n) is 7.65. The molecular weight excluding hydrogens is 631 g/mol. The zero-order valence-corrected chi connectivity index (χ0v) is 28.2. The minimum atomic E-state index is 0.640. The standard InChI is InChI=1S/C49H31N3/c1-3-15-33(16-4-1)47-50-48(34-17-5-2-6-18-34)52-49(51-47)37-20-13-19-35(30-37)39-28-26-32-14-7-8-21-38(32)46(39)36-27-29-44-42-24-10-9-22-40(42)41-23-11-12-25-43(41)45(44)31-36/h1-31H. The molecule has 242 valence electrons. The summed E-state index contributed by atoms with van der Waals surface area (Å²) < 4.78 is 0. The van der Waals surface area contributed by atoms with Crippen molar-refractivity contribution in [3.05, 3.63) is 188 Å². The molecule has 3 nitrogen and oxygen atoms in total. The van der Waals surface area contributed by atoms with Crippen molar-refractivity contribution in [3.8, 4) is 56.4 Å². The summed E-state index contributed by atoms with van der Waals surface area (Å²) in [6, 6.07) is 66.6. The van der Waals surface area contributed by atoms with Crippen LogP contribution in [0.2, 0.25) is 0 Å². The number of nitrogens with zero attached hydrogens (tertiary/aromatic N) is 3. The van der Waals surface area contributed by atoms with Crippen LogP contribution in [0.15, 0.2) is 188 Å². The van der Waals surface area contributed by atoms with Gasteiger partial charge >= 0.3 is 0 Å². The summed E-state index contributed by atoms with van der Waals surface area (Å²) >= 11 is 0. The molecule has 0 aliphatic carbocycles. The first-order chi connectivity index (χ1) is 25.8. The normalized spacial score (nSPS) is 11.5. The quantitative estimate of drug-likeness (QED) is 0.172. The van der Waals surface area contributed by atoms with Crippen molar-refractivity contribution in [1.82, 2.24) is 15.0 Å². The third-order valence-corrected chi connectivity index (χ3v) is 10.1. The zero-order valence-electron chi connectivity index (χ0n) is 28.2. The third kappa shape index (κ3) is 5.10. The molecule has 0 N–H and O–H groups in total. The molecule has 10 aromatic rings. The molecule has 0 amide bonds. The van der Waals surface area contributed by atoms with E-state index in [1.807, 2.05) is 60.7 Å². The molecule has 0 radical (unpaired) electrons. The monoisotopic (exact) mass is 661 g/mol. The number of rotatable bonds is 5. The van der Waals surface area contributed by atoms with Crippen molar-refractivity contribution in [1.29, 1.82) is 0 Å². The number of aromatic nitrogens is 3. The Labute approximate surface area is 301 Å². The van der Waals surface area contributed by atoms with E-state index < -0.39 is 0 Å². The first kappa shape index (κ1) is 29.9. The minimum absolute atomic E-state index is 0.640. The van der Waals surface area contributed by atoms with Gasteiger partial charge < -0.3 is 0 Å². The maximum Gasteiger partial charge on any atom is 0.164 e. The van der Waals surface area contributed by atoms with Crippen LogP contribution >= 0.6 is 0 Å². The summed E-state index contributed by atoms with van der Waals surface area (Å²) in [5.41, 5.74) is 7.49. The average Bonchev–Trinajstić information content (AvgIpc) is 3.23. The third-order valence-electron chi connectivity index (χ3n) is 10.1. The molecule has 0 unspecified atom stereocenters. The van der Waals surface area contributed by atoms with Crippen LogP contribution in [0.4, 0.5) is 0 Å². The van der Waals surface area contributed by atoms with E-state index in [0.29, 0.717) is 17.5 Å². The van der Waals surface area contributed by atoms with Gasteiger partial charge in [-0.15, -0.1) is 0 Å². The van der Waals surface area contributed by atoms with E-state index in [0.717, 1.165) is 27.8 Å². The topological polar surface area (TPSA) is 38.7 Å². The molecule has 1 aromatic heterocycles. The summed E-state index contributed by atoms with van der Waals surface area (Å²) in [7, 11) is 0. The van der Waals surface area contributed by atoms with Crippen molar-refractivity contribution in [3.63, 3.8) is 0 Å². The van der Waals surface area contributed by atoms with E-state index in [1.165, 1.54) is 54.2 Å². The highest BCUT2D eigenvalue weighted by atomic mass is 15.0. The van der Waals surface area contributed by atoms with E-state index in [1.54, 1.807) is 0 Å². The predicted molar refractivity (Wildman–Crippen MR) is 217 cm³/mol. The van der Waals surface area contributed by atoms with Gasteiger partial charge in [0.15, 0.2) is 17.5 Å². The SMILES string of the molecule is c1ccc(-c2nc(-c3ccccc3)nc(-c3cccc(-c4ccc5ccccc5c4-c4ccc5c6ccccc6c6ccccc6c5c4)c3)n2)cc1. The molecule has 0 spiro atoms. The Balaban J connectivity index is 1.18. The first-order valence-electron chi connectivity index (χ1n) is 17.6. The van der Waals surface area contributed by atoms with Gasteiger partial charge in [-0.3, -0.25) is 0 Å². The molecule has 0 saturated heterocycles. The van der Waals surface area contributed by atoms with Crippen molar-refractivity contribution < 1.29 is 0 Å². The Morgan fingerprint density at radius 3 is 1.33 bits per heavy atom. The van der Waals surface area contributed by atoms with Crippen molar-refractivity contribution in [2.75, 3.05) is 0 Å². The van der Waals surface area contributed by atoms with Crippen LogP contribution in [-0.2, 0) is 0 Å². The van der Waals surface area contributed by atoms with Crippen LogP contribution in [0, 0.1) is 0 Å². The number of hydrogen-bond donors (Lipinski definition) is 0. The molecule has 9 aromatic carbocycles. The molecule has 10 rings (SSSR count). The average molecular weight is 662 g/mol. The Hall–Kier alpha value is -6.97. The number of benzene rings is 9. The molecule has 0 saturated carbocycles. The second-order valence-electron chi connectivity index (χ2n) is 13.2. The molecular formula is C49H31N3. The van der Waals surface area contributed by atoms with Gasteiger partial charge in [0.25, 0.3) is 0 Å². The first-order valence-corrected chi connectivity index (χ1v) is 17.6. The summed E-state index contributed by atoms with van der Waals surface area (Å²) in [6.07, 6.45) is 0. The zero-order chi connectivity index (χ0) is 34.4. The summed E-state index contributed by atoms with van der Waals surface area (Å²) in [4.78, 5) is 15.0. The summed E-state index contributed by atoms with van der Waals surface area (Å²) in [5, 5.41) is 10.0. The molecule has 0 bridgehead atoms. The van der Waals surface area contributed by atoms with Crippen LogP contribution in [0.3, 0.4) is 0 Å². The van der Waals surface area contributed by atoms with Crippen molar-refractivity contribution in [2.45, 2.75) is 0 Å². The van der Waals surface area contributed by atoms with Crippen molar-refractivity contribution >= 4 is 43.1 Å². The Morgan fingerprint density at radius 2 is 0.712 bits per heavy atom. The van der Waals surface area contributed by atoms with E-state index in [2.05, 4.69) is 127 Å². The fraction of sp³-hybridized carbons (Fsp3) is 0. The van der Waals surface area contributed by atoms with Crippen LogP contribution in [0.1, 0.15) is 0 Å². The highest BCUT2D eigenvalue weighted by Gasteiger charge is 2.17. The summed E-state index contributed by atoms with van der Waals surface area (Å²) in [6.45, 7) is 0. The highest BCUT2D eigenvalue weighted by molar-refractivity contribution is 6.26. The molecule has 1 heterocycles. The fourth-order valence-corrected chi connectivity index (χ4v) is 7.65. The van der Waals surface area contributed by atoms with E-state index in [9.17, 15) is 0 Å². The van der Waals surface area contributed by atoms with Crippen LogP contribution in [-0.4, -0.2) is 15.0 Å². The number of hydrogen-bond acceptors (Lipinski definition) is 3. The largest absolute Gasteiger partial charge is 0.208 e. The van der Waals surface area contributed by atoms with E-state index in [-0.39, 0.29) is 0 Å². The predicted octanol–water partition coefficient (Wildman–Crippen LogP) is 12.8. The maximum atomic E-state index is 5.03. The van der Waals surface area contributed by atoms with Gasteiger partial charge in [0.2, 0.25) is 0 Å². The van der Waals surface area contributed by atoms with Gasteiger partial charge in [-0.05, 0) is 77.5 Å². The molecule has 52 heavy (non-hydrogen) atoms. The second kappa shape index (κ2) is 12.4. The Morgan fingerprint density at radius 1 is 0.250 bits per heavy atom. The van der Waals surface area contributed by atoms with Gasteiger partial charge in [0.05, 0.1) is 0 Å². The van der Waals surface area contributed by atoms with Gasteiger partial charge in [-0.1, -0.05) is 176 Å². The maximum absolute atomic E-state index is 5.03. The Kier molecular flexibility index (Phi) is 7.14. The number of fused-ring (bicyclic) bond motifs is 7. The van der Waals surface area contributed by atoms with Gasteiger partial charge in [0, 0.05) is 16.7 Å². The molecule has 0 fully saturated rings. The summed E-state index contributed by atoms with van der Waals surface area (Å²) in [5.74, 6) is 1.94. The van der Waals surface area contributed by atoms with Gasteiger partial charge in [-0.25, -0.2) is 15.0 Å². The van der Waals surface area contributed by atoms with Crippen molar-refractivity contribution in [2.24, 2.45) is 0 Å². The smallest absolute Gasteiger partial charge is 0.164 e. The highest BCUT2D eigenvalue weighted by Crippen LogP contribution is 2.42. The lowest BCUT2D eigenvalue weighted by Crippen LogP contribution is -2.00. The molecule has 0 atom stereocenters. The van der Waals surface area contributed by atoms with Crippen LogP contribution < -0.4 is 0 Å². The van der Waals surface area contributed by atoms with Crippen LogP contribution in [0.25, 0.3) is 99.5 Å². The second-order valence-corrected chi connectivity index (χ2v) is 13.2. The van der Waals surface area contributed by atoms with Crippen LogP contribution in [0.5, 0.6) is 0 Å². The lowest BCUT2D eigenvalue weighted by Gasteiger charge is -2.17. The van der Waals surface area contributed by atoms with Gasteiger partial charge in [0.1, 0.15) is 0 Å². The lowest BCUT2D eigenvalue weighted by atomic mass is 9.87. The molecule has 0 aliphatic heterocycles. The van der Waals surface area contributed by atoms with E-state index in [4.69, 9.17) is 15.0 Å². The Bertz CT molecular complexity index is 2860. The molecule has 0 aliphatic rings. The lowest BCUT2D eigenvalue weighted by molar-refractivity contribution is 1.07. The van der Waals surface area contributed by atoms with Gasteiger partial charge in [-0.2, -0.15) is 0 Å². The minimum Gasteiger partial charge on any atom is -0.208 e.